The average Bonchev–Trinajstić information content (AvgIpc) is 3.65. The van der Waals surface area contributed by atoms with E-state index in [0.29, 0.717) is 20.8 Å². The molecule has 0 bridgehead atoms. The number of rotatable bonds is 12. The number of carboxylic acid groups (broad SMARTS) is 1. The molecule has 2 amide bonds. The van der Waals surface area contributed by atoms with Crippen LogP contribution in [-0.2, 0) is 26.3 Å². The Labute approximate surface area is 260 Å². The summed E-state index contributed by atoms with van der Waals surface area (Å²) >= 11 is 4.58. The monoisotopic (exact) mass is 685 g/mol. The Morgan fingerprint density at radius 1 is 1.30 bits per heavy atom. The van der Waals surface area contributed by atoms with Gasteiger partial charge in [-0.2, -0.15) is 9.36 Å². The van der Waals surface area contributed by atoms with Gasteiger partial charge in [0.25, 0.3) is 20.3 Å². The van der Waals surface area contributed by atoms with Crippen LogP contribution in [0.1, 0.15) is 12.7 Å². The summed E-state index contributed by atoms with van der Waals surface area (Å²) in [5.41, 5.74) is 1.18. The highest BCUT2D eigenvalue weighted by Gasteiger charge is 2.54. The Bertz CT molecular complexity index is 1600. The molecule has 2 aliphatic heterocycles. The fourth-order valence-corrected chi connectivity index (χ4v) is 8.02. The van der Waals surface area contributed by atoms with E-state index in [9.17, 15) is 19.5 Å². The first kappa shape index (κ1) is 31.2. The third kappa shape index (κ3) is 6.96. The van der Waals surface area contributed by atoms with Crippen LogP contribution in [0.2, 0.25) is 0 Å². The maximum atomic E-state index is 13.2. The van der Waals surface area contributed by atoms with Crippen LogP contribution in [0.5, 0.6) is 5.19 Å². The highest BCUT2D eigenvalue weighted by Crippen LogP contribution is 2.46. The number of fused-ring (bicyclic) bond motifs is 1. The van der Waals surface area contributed by atoms with Crippen LogP contribution in [0.4, 0.5) is 0 Å². The second-order valence-corrected chi connectivity index (χ2v) is 13.3. The normalized spacial score (nSPS) is 18.4. The number of aryl methyl sites for hydroxylation is 1. The maximum Gasteiger partial charge on any atom is 0.353 e. The smallest absolute Gasteiger partial charge is 0.353 e. The van der Waals surface area contributed by atoms with Crippen molar-refractivity contribution in [2.24, 2.45) is 12.2 Å². The van der Waals surface area contributed by atoms with Gasteiger partial charge in [-0.1, -0.05) is 22.2 Å². The van der Waals surface area contributed by atoms with Gasteiger partial charge < -0.3 is 29.9 Å². The zero-order valence-electron chi connectivity index (χ0n) is 22.1. The van der Waals surface area contributed by atoms with Gasteiger partial charge in [0.05, 0.1) is 5.69 Å². The highest BCUT2D eigenvalue weighted by atomic mass is 32.2. The van der Waals surface area contributed by atoms with Crippen LogP contribution in [-0.4, -0.2) is 81.4 Å². The molecule has 226 valence electrons. The number of amides is 2. The zero-order valence-corrected chi connectivity index (χ0v) is 26.3. The molecule has 0 saturated carbocycles. The molecule has 2 atom stereocenters. The molecule has 21 heteroatoms. The lowest BCUT2D eigenvalue weighted by atomic mass is 10.0. The van der Waals surface area contributed by atoms with Crippen molar-refractivity contribution < 1.29 is 43.5 Å². The Morgan fingerprint density at radius 2 is 2.07 bits per heavy atom. The summed E-state index contributed by atoms with van der Waals surface area (Å²) in [6.07, 6.45) is 3.81. The number of carbonyl (C=O) groups excluding carboxylic acids is 2. The van der Waals surface area contributed by atoms with Crippen molar-refractivity contribution in [2.45, 2.75) is 22.7 Å². The summed E-state index contributed by atoms with van der Waals surface area (Å²) < 4.78 is 6.51. The largest absolute Gasteiger partial charge is 0.477 e. The van der Waals surface area contributed by atoms with Gasteiger partial charge in [0, 0.05) is 45.3 Å². The number of pyridine rings is 1. The molecule has 0 spiro atoms. The van der Waals surface area contributed by atoms with Crippen LogP contribution in [0.25, 0.3) is 11.3 Å². The second-order valence-electron chi connectivity index (χ2n) is 8.52. The number of β-lactam (4-membered cyclic amide) rings is 1. The fraction of sp³-hybridized carbons (Fsp3) is 0.273. The maximum absolute atomic E-state index is 13.2. The molecule has 16 nitrogen and oxygen atoms in total. The van der Waals surface area contributed by atoms with Crippen molar-refractivity contribution in [1.29, 1.82) is 0 Å². The lowest BCUT2D eigenvalue weighted by Gasteiger charge is -2.49. The van der Waals surface area contributed by atoms with Gasteiger partial charge >= 0.3 is 11.2 Å². The molecule has 1 fully saturated rings. The second kappa shape index (κ2) is 13.6. The molecule has 1 unspecified atom stereocenters. The van der Waals surface area contributed by atoms with E-state index in [1.807, 2.05) is 46.8 Å². The summed E-state index contributed by atoms with van der Waals surface area (Å²) in [6, 6.07) is 2.82. The Kier molecular flexibility index (Phi) is 9.87. The Hall–Kier alpha value is -3.23. The molecular formula is C22H22N8O8PS4+. The number of thioether (sulfide) groups is 2. The number of carboxylic acids is 1. The molecule has 0 aromatic carbocycles. The molecule has 3 aromatic heterocycles. The first-order chi connectivity index (χ1) is 20.7. The van der Waals surface area contributed by atoms with Crippen LogP contribution in [0, 0.1) is 0 Å². The van der Waals surface area contributed by atoms with Crippen molar-refractivity contribution in [3.05, 3.63) is 46.3 Å². The number of aromatic nitrogens is 4. The minimum atomic E-state index is -2.57. The lowest BCUT2D eigenvalue weighted by molar-refractivity contribution is -0.671. The first-order valence-corrected chi connectivity index (χ1v) is 16.9. The highest BCUT2D eigenvalue weighted by molar-refractivity contribution is 8.07. The van der Waals surface area contributed by atoms with E-state index in [0.717, 1.165) is 16.2 Å². The van der Waals surface area contributed by atoms with Crippen molar-refractivity contribution >= 4 is 78.4 Å². The SMILES string of the molecule is CCO/N=C(\C(=O)NC1C(=O)N2C(C(=O)O)=C(Sc3nc(-c4cc[n+](C)cc4)cs3)CS[C@H]12)c1nsc(ONP(O)O)n1. The number of thiazole rings is 1. The molecule has 5 heterocycles. The molecule has 5 N–H and O–H groups in total. The van der Waals surface area contributed by atoms with Crippen LogP contribution < -0.4 is 20.0 Å². The van der Waals surface area contributed by atoms with Gasteiger partial charge in [-0.3, -0.25) is 14.5 Å². The lowest BCUT2D eigenvalue weighted by Crippen LogP contribution is -2.71. The van der Waals surface area contributed by atoms with E-state index in [1.165, 1.54) is 34.9 Å². The van der Waals surface area contributed by atoms with Crippen molar-refractivity contribution in [3.8, 4) is 16.5 Å². The van der Waals surface area contributed by atoms with Gasteiger partial charge in [-0.05, 0) is 6.92 Å². The van der Waals surface area contributed by atoms with Gasteiger partial charge in [0.1, 0.15) is 30.8 Å². The van der Waals surface area contributed by atoms with Gasteiger partial charge in [0.2, 0.25) is 11.5 Å². The number of nitrogens with zero attached hydrogens (tertiary/aromatic N) is 6. The number of carbonyl (C=O) groups is 3. The standard InChI is InChI=1S/C22H21N8O8PS4/c1-3-37-26-13(16-25-21(43-27-16)38-28-39(35)36)17(31)24-14-18(32)30-15(20(33)34)12(9-40-19(14)30)42-22-23-11(8-41-22)10-4-6-29(2)7-5-10/h4-8,14,19,28,35-36H,3,9H2,1-2H3,(H-,24,31,33,34)/p+1/b26-13-/t14?,19-/m1/s1. The van der Waals surface area contributed by atoms with Gasteiger partial charge in [-0.25, -0.2) is 14.3 Å². The zero-order chi connectivity index (χ0) is 30.7. The molecule has 1 saturated heterocycles. The summed E-state index contributed by atoms with van der Waals surface area (Å²) in [6.45, 7) is 1.77. The fourth-order valence-electron chi connectivity index (χ4n) is 3.83. The number of oxime groups is 1. The van der Waals surface area contributed by atoms with E-state index < -0.39 is 37.7 Å². The molecule has 3 aromatic rings. The topological polar surface area (TPSA) is 213 Å². The molecule has 5 rings (SSSR count). The van der Waals surface area contributed by atoms with E-state index in [-0.39, 0.29) is 34.8 Å². The van der Waals surface area contributed by atoms with E-state index >= 15 is 0 Å². The minimum Gasteiger partial charge on any atom is -0.477 e. The van der Waals surface area contributed by atoms with E-state index in [4.69, 9.17) is 19.5 Å². The predicted octanol–water partition coefficient (Wildman–Crippen LogP) is 0.810. The van der Waals surface area contributed by atoms with Crippen molar-refractivity contribution in [3.63, 3.8) is 0 Å². The molecule has 0 aliphatic carbocycles. The van der Waals surface area contributed by atoms with Crippen molar-refractivity contribution in [2.75, 3.05) is 12.4 Å². The third-order valence-electron chi connectivity index (χ3n) is 5.72. The Morgan fingerprint density at radius 3 is 2.77 bits per heavy atom. The number of aliphatic carboxylic acids is 1. The predicted molar refractivity (Wildman–Crippen MR) is 157 cm³/mol. The first-order valence-electron chi connectivity index (χ1n) is 12.1. The van der Waals surface area contributed by atoms with Gasteiger partial charge in [0.15, 0.2) is 16.7 Å². The minimum absolute atomic E-state index is 0.123. The van der Waals surface area contributed by atoms with Crippen LogP contribution in [0.15, 0.2) is 50.0 Å². The third-order valence-corrected chi connectivity index (χ3v) is 10.1. The average molecular weight is 686 g/mol. The van der Waals surface area contributed by atoms with Crippen LogP contribution in [0.3, 0.4) is 0 Å². The van der Waals surface area contributed by atoms with Crippen LogP contribution >= 0.6 is 54.9 Å². The number of nitrogens with one attached hydrogen (secondary N) is 2. The number of hydrogen-bond donors (Lipinski definition) is 5. The molecule has 43 heavy (non-hydrogen) atoms. The summed E-state index contributed by atoms with van der Waals surface area (Å²) in [5, 5.41) is 19.4. The van der Waals surface area contributed by atoms with E-state index in [2.05, 4.69) is 24.8 Å². The Balaban J connectivity index is 1.30. The molecular weight excluding hydrogens is 664 g/mol. The quantitative estimate of drug-likeness (QED) is 0.0587. The molecule has 2 aliphatic rings. The molecule has 0 radical (unpaired) electrons. The number of hydrogen-bond acceptors (Lipinski definition) is 16. The van der Waals surface area contributed by atoms with Crippen molar-refractivity contribution in [1.82, 2.24) is 29.8 Å². The van der Waals surface area contributed by atoms with Gasteiger partial charge in [-0.15, -0.1) is 23.1 Å². The van der Waals surface area contributed by atoms with E-state index in [1.54, 1.807) is 6.92 Å². The summed E-state index contributed by atoms with van der Waals surface area (Å²) in [5.74, 6) is -2.61. The summed E-state index contributed by atoms with van der Waals surface area (Å²) in [4.78, 5) is 76.6. The summed E-state index contributed by atoms with van der Waals surface area (Å²) in [7, 11) is -0.657.